The fourth-order valence-corrected chi connectivity index (χ4v) is 3.74. The van der Waals surface area contributed by atoms with Crippen molar-refractivity contribution in [1.82, 2.24) is 15.0 Å². The van der Waals surface area contributed by atoms with Gasteiger partial charge in [-0.3, -0.25) is 4.98 Å². The first-order valence-electron chi connectivity index (χ1n) is 10.4. The predicted octanol–water partition coefficient (Wildman–Crippen LogP) is 3.44. The van der Waals surface area contributed by atoms with Crippen LogP contribution in [0, 0.1) is 18.3 Å². The van der Waals surface area contributed by atoms with Crippen LogP contribution in [0.4, 0.5) is 28.8 Å². The third kappa shape index (κ3) is 4.22. The van der Waals surface area contributed by atoms with Crippen LogP contribution in [-0.4, -0.2) is 40.8 Å². The second-order valence-corrected chi connectivity index (χ2v) is 7.63. The molecule has 2 aromatic heterocycles. The van der Waals surface area contributed by atoms with Crippen molar-refractivity contribution in [2.24, 2.45) is 0 Å². The first-order valence-corrected chi connectivity index (χ1v) is 10.4. The topological polar surface area (TPSA) is 132 Å². The van der Waals surface area contributed by atoms with E-state index in [2.05, 4.69) is 31.7 Å². The van der Waals surface area contributed by atoms with Gasteiger partial charge in [0.2, 0.25) is 5.95 Å². The maximum absolute atomic E-state index is 11.4. The number of aromatic amines is 1. The number of oxazole rings is 1. The molecule has 166 valence electrons. The molecule has 0 aliphatic carbocycles. The molecule has 3 heterocycles. The molecule has 10 heteroatoms. The van der Waals surface area contributed by atoms with Crippen molar-refractivity contribution >= 4 is 39.9 Å². The van der Waals surface area contributed by atoms with Crippen molar-refractivity contribution in [3.63, 3.8) is 0 Å². The van der Waals surface area contributed by atoms with E-state index in [4.69, 9.17) is 9.15 Å². The first-order chi connectivity index (χ1) is 16.1. The number of hydrogen-bond acceptors (Lipinski definition) is 9. The maximum Gasteiger partial charge on any atom is 0.417 e. The van der Waals surface area contributed by atoms with Crippen LogP contribution in [0.3, 0.4) is 0 Å². The molecule has 10 nitrogen and oxygen atoms in total. The Hall–Kier alpha value is -4.36. The smallest absolute Gasteiger partial charge is 0.408 e. The molecule has 33 heavy (non-hydrogen) atoms. The van der Waals surface area contributed by atoms with Crippen molar-refractivity contribution < 1.29 is 9.15 Å². The number of ether oxygens (including phenoxy) is 1. The quantitative estimate of drug-likeness (QED) is 0.424. The summed E-state index contributed by atoms with van der Waals surface area (Å²) in [5.41, 5.74) is 4.38. The minimum Gasteiger partial charge on any atom is -0.408 e. The summed E-state index contributed by atoms with van der Waals surface area (Å²) in [7, 11) is 0. The zero-order chi connectivity index (χ0) is 22.8. The number of benzene rings is 2. The van der Waals surface area contributed by atoms with Crippen LogP contribution in [0.15, 0.2) is 57.9 Å². The Morgan fingerprint density at radius 1 is 1.24 bits per heavy atom. The van der Waals surface area contributed by atoms with Gasteiger partial charge in [-0.15, -0.1) is 0 Å². The van der Waals surface area contributed by atoms with Crippen LogP contribution in [0.2, 0.25) is 0 Å². The lowest BCUT2D eigenvalue weighted by Crippen LogP contribution is -2.45. The van der Waals surface area contributed by atoms with E-state index in [-0.39, 0.29) is 6.04 Å². The van der Waals surface area contributed by atoms with Gasteiger partial charge in [-0.25, -0.2) is 9.78 Å². The molecule has 3 N–H and O–H groups in total. The van der Waals surface area contributed by atoms with Gasteiger partial charge in [0, 0.05) is 24.0 Å². The highest BCUT2D eigenvalue weighted by Gasteiger charge is 2.25. The van der Waals surface area contributed by atoms with Gasteiger partial charge in [-0.1, -0.05) is 12.1 Å². The maximum atomic E-state index is 11.4. The number of aryl methyl sites for hydroxylation is 1. The third-order valence-corrected chi connectivity index (χ3v) is 5.39. The van der Waals surface area contributed by atoms with Crippen molar-refractivity contribution in [3.8, 4) is 6.07 Å². The highest BCUT2D eigenvalue weighted by molar-refractivity contribution is 5.79. The monoisotopic (exact) mass is 443 g/mol. The predicted molar refractivity (Wildman–Crippen MR) is 124 cm³/mol. The van der Waals surface area contributed by atoms with Gasteiger partial charge in [-0.05, 0) is 37.3 Å². The number of fused-ring (bicyclic) bond motifs is 1. The Bertz CT molecular complexity index is 1410. The zero-order valence-electron chi connectivity index (χ0n) is 17.8. The Balaban J connectivity index is 1.42. The fourth-order valence-electron chi connectivity index (χ4n) is 3.74. The molecule has 1 saturated heterocycles. The van der Waals surface area contributed by atoms with Crippen LogP contribution >= 0.6 is 0 Å². The lowest BCUT2D eigenvalue weighted by atomic mass is 10.1. The van der Waals surface area contributed by atoms with E-state index in [0.717, 1.165) is 22.6 Å². The molecular weight excluding hydrogens is 422 g/mol. The molecule has 1 aliphatic heterocycles. The number of morpholine rings is 1. The van der Waals surface area contributed by atoms with Crippen LogP contribution in [-0.2, 0) is 4.74 Å². The van der Waals surface area contributed by atoms with Crippen molar-refractivity contribution in [3.05, 3.63) is 64.8 Å². The molecule has 0 amide bonds. The zero-order valence-corrected chi connectivity index (χ0v) is 17.8. The number of rotatable bonds is 5. The summed E-state index contributed by atoms with van der Waals surface area (Å²) in [4.78, 5) is 25.1. The normalized spacial score (nSPS) is 15.9. The van der Waals surface area contributed by atoms with Gasteiger partial charge >= 0.3 is 5.76 Å². The fraction of sp³-hybridized carbons (Fsp3) is 0.217. The number of hydrogen-bond donors (Lipinski definition) is 3. The number of nitrogens with zero attached hydrogens (tertiary/aromatic N) is 4. The molecule has 1 unspecified atom stereocenters. The summed E-state index contributed by atoms with van der Waals surface area (Å²) in [6.07, 6.45) is 1.73. The number of para-hydroxylation sites is 2. The lowest BCUT2D eigenvalue weighted by Gasteiger charge is -2.34. The minimum absolute atomic E-state index is 0.359. The van der Waals surface area contributed by atoms with E-state index in [1.165, 1.54) is 0 Å². The van der Waals surface area contributed by atoms with E-state index in [0.29, 0.717) is 42.6 Å². The van der Waals surface area contributed by atoms with Gasteiger partial charge in [0.15, 0.2) is 5.58 Å². The van der Waals surface area contributed by atoms with Crippen molar-refractivity contribution in [2.75, 3.05) is 35.3 Å². The third-order valence-electron chi connectivity index (χ3n) is 5.39. The average molecular weight is 443 g/mol. The van der Waals surface area contributed by atoms with Gasteiger partial charge in [0.1, 0.15) is 11.9 Å². The Kier molecular flexibility index (Phi) is 5.38. The molecule has 0 bridgehead atoms. The summed E-state index contributed by atoms with van der Waals surface area (Å²) in [6, 6.07) is 15.0. The number of anilines is 5. The average Bonchev–Trinajstić information content (AvgIpc) is 3.21. The Morgan fingerprint density at radius 3 is 3.00 bits per heavy atom. The van der Waals surface area contributed by atoms with Crippen molar-refractivity contribution in [2.45, 2.75) is 13.0 Å². The lowest BCUT2D eigenvalue weighted by molar-refractivity contribution is 0.107. The van der Waals surface area contributed by atoms with E-state index < -0.39 is 5.76 Å². The van der Waals surface area contributed by atoms with Crippen LogP contribution in [0.25, 0.3) is 11.1 Å². The highest BCUT2D eigenvalue weighted by Crippen LogP contribution is 2.31. The molecule has 4 aromatic rings. The number of nitrogens with one attached hydrogen (secondary N) is 3. The standard InChI is InChI=1S/C23H21N7O3/c1-14-12-25-22(29-21(14)26-15-6-7-20-18(10-15)28-23(31)33-20)27-17-4-2-3-5-19(17)30-8-9-32-13-16(30)11-24/h2-7,10,12,16H,8-9,13H2,1H3,(H,28,31)(H2,25,26,27,29). The molecule has 1 atom stereocenters. The summed E-state index contributed by atoms with van der Waals surface area (Å²) < 4.78 is 10.5. The van der Waals surface area contributed by atoms with Crippen LogP contribution in [0.1, 0.15) is 5.56 Å². The summed E-state index contributed by atoms with van der Waals surface area (Å²) in [5.74, 6) is 0.538. The van der Waals surface area contributed by atoms with Gasteiger partial charge in [0.25, 0.3) is 0 Å². The molecule has 2 aromatic carbocycles. The molecule has 0 radical (unpaired) electrons. The summed E-state index contributed by atoms with van der Waals surface area (Å²) in [5, 5.41) is 16.1. The molecule has 1 fully saturated rings. The van der Waals surface area contributed by atoms with Gasteiger partial charge in [-0.2, -0.15) is 10.2 Å². The summed E-state index contributed by atoms with van der Waals surface area (Å²) in [6.45, 7) is 3.46. The highest BCUT2D eigenvalue weighted by atomic mass is 16.5. The Labute approximate surface area is 188 Å². The van der Waals surface area contributed by atoms with E-state index >= 15 is 0 Å². The second-order valence-electron chi connectivity index (χ2n) is 7.63. The van der Waals surface area contributed by atoms with Crippen LogP contribution < -0.4 is 21.3 Å². The molecule has 1 aliphatic rings. The largest absolute Gasteiger partial charge is 0.417 e. The van der Waals surface area contributed by atoms with E-state index in [1.54, 1.807) is 18.3 Å². The second kappa shape index (κ2) is 8.64. The van der Waals surface area contributed by atoms with Crippen LogP contribution in [0.5, 0.6) is 0 Å². The molecule has 5 rings (SSSR count). The van der Waals surface area contributed by atoms with E-state index in [9.17, 15) is 10.1 Å². The van der Waals surface area contributed by atoms with E-state index in [1.807, 2.05) is 42.2 Å². The Morgan fingerprint density at radius 2 is 2.12 bits per heavy atom. The van der Waals surface area contributed by atoms with Gasteiger partial charge < -0.3 is 24.7 Å². The van der Waals surface area contributed by atoms with Gasteiger partial charge in [0.05, 0.1) is 36.2 Å². The number of H-pyrrole nitrogens is 1. The SMILES string of the molecule is Cc1cnc(Nc2ccccc2N2CCOCC2C#N)nc1Nc1ccc2oc(=O)[nH]c2c1. The minimum atomic E-state index is -0.496. The molecule has 0 saturated carbocycles. The molecular formula is C23H21N7O3. The summed E-state index contributed by atoms with van der Waals surface area (Å²) >= 11 is 0. The van der Waals surface area contributed by atoms with Crippen molar-refractivity contribution in [1.29, 1.82) is 5.26 Å². The first kappa shape index (κ1) is 20.5. The molecule has 0 spiro atoms. The number of nitriles is 1. The number of aromatic nitrogens is 3.